The molecular weight excluding hydrogens is 226 g/mol. The monoisotopic (exact) mass is 257 g/mol. The second-order valence-electron chi connectivity index (χ2n) is 6.75. The fourth-order valence-electron chi connectivity index (χ4n) is 2.89. The Bertz CT molecular complexity index is 205. The normalized spacial score (nSPS) is 25.6. The van der Waals surface area contributed by atoms with Crippen LogP contribution in [-0.2, 0) is 0 Å². The second kappa shape index (κ2) is 7.04. The van der Waals surface area contributed by atoms with Gasteiger partial charge in [-0.2, -0.15) is 12.6 Å². The summed E-state index contributed by atoms with van der Waals surface area (Å²) in [6.07, 6.45) is 5.44. The first kappa shape index (κ1) is 15.4. The Morgan fingerprint density at radius 3 is 2.47 bits per heavy atom. The maximum absolute atomic E-state index is 4.46. The van der Waals surface area contributed by atoms with Gasteiger partial charge >= 0.3 is 0 Å². The highest BCUT2D eigenvalue weighted by Crippen LogP contribution is 2.34. The molecule has 0 spiro atoms. The van der Waals surface area contributed by atoms with Crippen molar-refractivity contribution in [3.8, 4) is 0 Å². The van der Waals surface area contributed by atoms with Gasteiger partial charge in [0.2, 0.25) is 0 Å². The Morgan fingerprint density at radius 2 is 1.94 bits per heavy atom. The molecule has 2 atom stereocenters. The van der Waals surface area contributed by atoms with Crippen LogP contribution in [0.5, 0.6) is 0 Å². The van der Waals surface area contributed by atoms with E-state index in [0.29, 0.717) is 5.41 Å². The highest BCUT2D eigenvalue weighted by Gasteiger charge is 2.27. The van der Waals surface area contributed by atoms with Crippen LogP contribution >= 0.6 is 12.6 Å². The predicted octanol–water partition coefficient (Wildman–Crippen LogP) is 4.09. The summed E-state index contributed by atoms with van der Waals surface area (Å²) in [5.74, 6) is 2.73. The number of hydrogen-bond acceptors (Lipinski definition) is 2. The molecule has 1 aliphatic heterocycles. The molecule has 1 saturated heterocycles. The van der Waals surface area contributed by atoms with E-state index in [1.54, 1.807) is 0 Å². The molecular formula is C15H31NS. The van der Waals surface area contributed by atoms with Gasteiger partial charge < -0.3 is 4.90 Å². The van der Waals surface area contributed by atoms with Gasteiger partial charge in [0.1, 0.15) is 0 Å². The summed E-state index contributed by atoms with van der Waals surface area (Å²) in [4.78, 5) is 2.68. The largest absolute Gasteiger partial charge is 0.303 e. The summed E-state index contributed by atoms with van der Waals surface area (Å²) >= 11 is 4.46. The smallest absolute Gasteiger partial charge is 0.00174 e. The van der Waals surface area contributed by atoms with Gasteiger partial charge in [-0.1, -0.05) is 34.1 Å². The lowest BCUT2D eigenvalue weighted by atomic mass is 9.77. The van der Waals surface area contributed by atoms with E-state index in [1.807, 2.05) is 0 Å². The lowest BCUT2D eigenvalue weighted by Crippen LogP contribution is -2.31. The van der Waals surface area contributed by atoms with Crippen LogP contribution in [0.1, 0.15) is 53.4 Å². The number of thiol groups is 1. The van der Waals surface area contributed by atoms with Crippen molar-refractivity contribution in [1.82, 2.24) is 4.90 Å². The summed E-state index contributed by atoms with van der Waals surface area (Å²) in [7, 11) is 0. The number of likely N-dealkylation sites (tertiary alicyclic amines) is 1. The zero-order chi connectivity index (χ0) is 12.9. The SMILES string of the molecule is CCC(CS)CN1CCCC(C(C)(C)C)CC1. The van der Waals surface area contributed by atoms with Gasteiger partial charge in [0, 0.05) is 6.54 Å². The molecule has 0 aromatic carbocycles. The van der Waals surface area contributed by atoms with E-state index in [2.05, 4.69) is 45.2 Å². The number of rotatable bonds is 4. The third-order valence-corrected chi connectivity index (χ3v) is 4.91. The Hall–Kier alpha value is 0.310. The minimum atomic E-state index is 0.490. The standard InChI is InChI=1S/C15H31NS/c1-5-13(12-17)11-16-9-6-7-14(8-10-16)15(2,3)4/h13-14,17H,5-12H2,1-4H3. The summed E-state index contributed by atoms with van der Waals surface area (Å²) in [5.41, 5.74) is 0.490. The number of hydrogen-bond donors (Lipinski definition) is 1. The zero-order valence-corrected chi connectivity index (χ0v) is 13.1. The van der Waals surface area contributed by atoms with Crippen LogP contribution in [-0.4, -0.2) is 30.3 Å². The molecule has 2 heteroatoms. The van der Waals surface area contributed by atoms with Gasteiger partial charge in [-0.05, 0) is 55.4 Å². The van der Waals surface area contributed by atoms with E-state index in [-0.39, 0.29) is 0 Å². The first-order valence-corrected chi connectivity index (χ1v) is 7.93. The summed E-state index contributed by atoms with van der Waals surface area (Å²) in [5, 5.41) is 0. The van der Waals surface area contributed by atoms with E-state index < -0.39 is 0 Å². The minimum Gasteiger partial charge on any atom is -0.303 e. The molecule has 102 valence electrons. The lowest BCUT2D eigenvalue weighted by molar-refractivity contribution is 0.201. The average molecular weight is 257 g/mol. The van der Waals surface area contributed by atoms with Gasteiger partial charge in [0.05, 0.1) is 0 Å². The van der Waals surface area contributed by atoms with Gasteiger partial charge in [-0.3, -0.25) is 0 Å². The Balaban J connectivity index is 2.42. The molecule has 0 amide bonds. The van der Waals surface area contributed by atoms with E-state index in [1.165, 1.54) is 45.3 Å². The third-order valence-electron chi connectivity index (χ3n) is 4.40. The van der Waals surface area contributed by atoms with E-state index in [4.69, 9.17) is 0 Å². The lowest BCUT2D eigenvalue weighted by Gasteiger charge is -2.30. The molecule has 1 nitrogen and oxygen atoms in total. The van der Waals surface area contributed by atoms with E-state index in [0.717, 1.165) is 17.6 Å². The first-order valence-electron chi connectivity index (χ1n) is 7.30. The van der Waals surface area contributed by atoms with Gasteiger partial charge in [0.15, 0.2) is 0 Å². The number of nitrogens with zero attached hydrogens (tertiary/aromatic N) is 1. The second-order valence-corrected chi connectivity index (χ2v) is 7.12. The fraction of sp³-hybridized carbons (Fsp3) is 1.00. The molecule has 2 unspecified atom stereocenters. The van der Waals surface area contributed by atoms with E-state index in [9.17, 15) is 0 Å². The molecule has 1 aliphatic rings. The van der Waals surface area contributed by atoms with Gasteiger partial charge in [-0.25, -0.2) is 0 Å². The molecule has 0 aliphatic carbocycles. The van der Waals surface area contributed by atoms with Crippen LogP contribution in [0, 0.1) is 17.3 Å². The van der Waals surface area contributed by atoms with Gasteiger partial charge in [0.25, 0.3) is 0 Å². The third kappa shape index (κ3) is 5.21. The molecule has 0 aromatic heterocycles. The molecule has 1 rings (SSSR count). The highest BCUT2D eigenvalue weighted by molar-refractivity contribution is 7.80. The Morgan fingerprint density at radius 1 is 1.24 bits per heavy atom. The summed E-state index contributed by atoms with van der Waals surface area (Å²) in [6.45, 7) is 13.3. The van der Waals surface area contributed by atoms with E-state index >= 15 is 0 Å². The fourth-order valence-corrected chi connectivity index (χ4v) is 3.26. The van der Waals surface area contributed by atoms with Crippen LogP contribution in [0.2, 0.25) is 0 Å². The Labute approximate surface area is 114 Å². The predicted molar refractivity (Wildman–Crippen MR) is 80.9 cm³/mol. The summed E-state index contributed by atoms with van der Waals surface area (Å²) in [6, 6.07) is 0. The molecule has 0 saturated carbocycles. The summed E-state index contributed by atoms with van der Waals surface area (Å²) < 4.78 is 0. The maximum atomic E-state index is 4.46. The van der Waals surface area contributed by atoms with Crippen molar-refractivity contribution >= 4 is 12.6 Å². The zero-order valence-electron chi connectivity index (χ0n) is 12.2. The maximum Gasteiger partial charge on any atom is 0.00174 e. The quantitative estimate of drug-likeness (QED) is 0.742. The van der Waals surface area contributed by atoms with Crippen molar-refractivity contribution in [2.45, 2.75) is 53.4 Å². The molecule has 0 radical (unpaired) electrons. The Kier molecular flexibility index (Phi) is 6.36. The van der Waals surface area contributed by atoms with Crippen molar-refractivity contribution < 1.29 is 0 Å². The molecule has 0 aromatic rings. The van der Waals surface area contributed by atoms with Crippen molar-refractivity contribution in [2.24, 2.45) is 17.3 Å². The topological polar surface area (TPSA) is 3.24 Å². The van der Waals surface area contributed by atoms with Gasteiger partial charge in [-0.15, -0.1) is 0 Å². The van der Waals surface area contributed by atoms with Crippen molar-refractivity contribution in [1.29, 1.82) is 0 Å². The van der Waals surface area contributed by atoms with Crippen LogP contribution in [0.15, 0.2) is 0 Å². The molecule has 0 bridgehead atoms. The van der Waals surface area contributed by atoms with Crippen molar-refractivity contribution in [3.63, 3.8) is 0 Å². The van der Waals surface area contributed by atoms with Crippen LogP contribution in [0.25, 0.3) is 0 Å². The molecule has 0 N–H and O–H groups in total. The van der Waals surface area contributed by atoms with Crippen molar-refractivity contribution in [2.75, 3.05) is 25.4 Å². The highest BCUT2D eigenvalue weighted by atomic mass is 32.1. The first-order chi connectivity index (χ1) is 7.97. The molecule has 17 heavy (non-hydrogen) atoms. The molecule has 1 fully saturated rings. The van der Waals surface area contributed by atoms with Crippen molar-refractivity contribution in [3.05, 3.63) is 0 Å². The minimum absolute atomic E-state index is 0.490. The van der Waals surface area contributed by atoms with Crippen LogP contribution < -0.4 is 0 Å². The van der Waals surface area contributed by atoms with Crippen LogP contribution in [0.3, 0.4) is 0 Å². The average Bonchev–Trinajstić information content (AvgIpc) is 2.50. The molecule has 1 heterocycles. The van der Waals surface area contributed by atoms with Crippen LogP contribution in [0.4, 0.5) is 0 Å².